The Morgan fingerprint density at radius 3 is 0.222 bits per heavy atom. The Kier molecular flexibility index (Phi) is 613. The van der Waals surface area contributed by atoms with Crippen LogP contribution >= 0.6 is 0 Å². The molecule has 0 amide bonds. The van der Waals surface area contributed by atoms with Gasteiger partial charge in [-0.05, 0) is 0 Å². The number of hydrogen-bond donors (Lipinski definition) is 0. The minimum Gasteiger partial charge on any atom is 0 e. The fraction of sp³-hybridized carbons (Fsp3) is 0. The van der Waals surface area contributed by atoms with Crippen LogP contribution in [0, 0.1) is 0 Å². The van der Waals surface area contributed by atoms with E-state index in [0.29, 0.717) is 0 Å². The van der Waals surface area contributed by atoms with Crippen molar-refractivity contribution in [2.75, 3.05) is 0 Å². The van der Waals surface area contributed by atoms with E-state index in [0.717, 1.165) is 0 Å². The molecule has 0 saturated heterocycles. The summed E-state index contributed by atoms with van der Waals surface area (Å²) < 4.78 is 0. The number of rotatable bonds is 0. The van der Waals surface area contributed by atoms with Crippen LogP contribution in [0.1, 0.15) is 0 Å². The molecule has 0 bridgehead atoms. The van der Waals surface area contributed by atoms with Gasteiger partial charge in [-0.2, -0.15) is 0 Å². The van der Waals surface area contributed by atoms with Crippen molar-refractivity contribution in [3.8, 4) is 0 Å². The van der Waals surface area contributed by atoms with Gasteiger partial charge < -0.3 is 0 Å². The first kappa shape index (κ1) is 82.9. The van der Waals surface area contributed by atoms with E-state index in [-0.39, 0.29) is 182 Å². The van der Waals surface area contributed by atoms with Crippen LogP contribution in [0.25, 0.3) is 0 Å². The van der Waals surface area contributed by atoms with E-state index in [9.17, 15) is 0 Å². The fourth-order valence-corrected chi connectivity index (χ4v) is 0. The summed E-state index contributed by atoms with van der Waals surface area (Å²) in [4.78, 5) is 0. The molecule has 0 heterocycles. The summed E-state index contributed by atoms with van der Waals surface area (Å²) in [5.41, 5.74) is 0. The zero-order valence-corrected chi connectivity index (χ0v) is 16.8. The molecule has 0 saturated carbocycles. The molecule has 9 heavy (non-hydrogen) atoms. The molecule has 0 aromatic carbocycles. The number of hydrogen-bond acceptors (Lipinski definition) is 0. The standard InChI is InChI=1S/8Pd.V. The summed E-state index contributed by atoms with van der Waals surface area (Å²) in [5.74, 6) is 0. The molecular formula is Pd8V. The molecule has 0 aliphatic heterocycles. The van der Waals surface area contributed by atoms with Crippen molar-refractivity contribution in [1.29, 1.82) is 0 Å². The molecule has 0 fully saturated rings. The van der Waals surface area contributed by atoms with Gasteiger partial charge in [0.2, 0.25) is 0 Å². The topological polar surface area (TPSA) is 0 Å². The Hall–Kier alpha value is 5.88. The Labute approximate surface area is 178 Å². The van der Waals surface area contributed by atoms with Crippen LogP contribution in [0.15, 0.2) is 0 Å². The second kappa shape index (κ2) is 66.6. The van der Waals surface area contributed by atoms with Crippen molar-refractivity contribution in [1.82, 2.24) is 0 Å². The molecule has 85 valence electrons. The summed E-state index contributed by atoms with van der Waals surface area (Å²) in [6, 6.07) is 0. The van der Waals surface area contributed by atoms with Crippen molar-refractivity contribution >= 4 is 0 Å². The molecule has 0 aromatic heterocycles. The van der Waals surface area contributed by atoms with E-state index in [1.807, 2.05) is 0 Å². The van der Waals surface area contributed by atoms with Gasteiger partial charge in [-0.25, -0.2) is 0 Å². The largest absolute Gasteiger partial charge is 0 e. The van der Waals surface area contributed by atoms with Crippen LogP contribution in [0.3, 0.4) is 0 Å². The van der Waals surface area contributed by atoms with E-state index >= 15 is 0 Å². The Morgan fingerprint density at radius 1 is 0.222 bits per heavy atom. The molecule has 0 spiro atoms. The van der Waals surface area contributed by atoms with Crippen LogP contribution < -0.4 is 0 Å². The predicted molar refractivity (Wildman–Crippen MR) is 0 cm³/mol. The van der Waals surface area contributed by atoms with Gasteiger partial charge in [-0.1, -0.05) is 0 Å². The Morgan fingerprint density at radius 2 is 0.222 bits per heavy atom. The Balaban J connectivity index is 0. The van der Waals surface area contributed by atoms with E-state index < -0.39 is 0 Å². The predicted octanol–water partition coefficient (Wildman–Crippen LogP) is -0.0225. The van der Waals surface area contributed by atoms with Crippen molar-refractivity contribution < 1.29 is 182 Å². The van der Waals surface area contributed by atoms with E-state index in [1.54, 1.807) is 0 Å². The van der Waals surface area contributed by atoms with Gasteiger partial charge in [0.25, 0.3) is 0 Å². The van der Waals surface area contributed by atoms with Gasteiger partial charge >= 0.3 is 0 Å². The monoisotopic (exact) mass is 898 g/mol. The summed E-state index contributed by atoms with van der Waals surface area (Å²) >= 11 is 0. The average molecular weight is 902 g/mol. The quantitative estimate of drug-likeness (QED) is 0.301. The van der Waals surface area contributed by atoms with E-state index in [4.69, 9.17) is 0 Å². The average Bonchev–Trinajstić information content (AvgIpc) is 0. The van der Waals surface area contributed by atoms with Crippen molar-refractivity contribution in [2.45, 2.75) is 0 Å². The maximum absolute atomic E-state index is 0. The van der Waals surface area contributed by atoms with Gasteiger partial charge in [-0.3, -0.25) is 0 Å². The zero-order chi connectivity index (χ0) is 0. The molecule has 0 unspecified atom stereocenters. The maximum Gasteiger partial charge on any atom is 0 e. The zero-order valence-electron chi connectivity index (χ0n) is 2.98. The molecule has 0 aliphatic carbocycles. The molecule has 0 nitrogen and oxygen atoms in total. The van der Waals surface area contributed by atoms with Gasteiger partial charge in [-0.15, -0.1) is 0 Å². The van der Waals surface area contributed by atoms with Crippen molar-refractivity contribution in [3.63, 3.8) is 0 Å². The molecule has 0 N–H and O–H groups in total. The third-order valence-corrected chi connectivity index (χ3v) is 0. The normalized spacial score (nSPS) is 0. The van der Waals surface area contributed by atoms with Crippen molar-refractivity contribution in [3.05, 3.63) is 0 Å². The van der Waals surface area contributed by atoms with Gasteiger partial charge in [0.05, 0.1) is 0 Å². The summed E-state index contributed by atoms with van der Waals surface area (Å²) in [5, 5.41) is 0. The van der Waals surface area contributed by atoms with Crippen LogP contribution in [0.2, 0.25) is 0 Å². The summed E-state index contributed by atoms with van der Waals surface area (Å²) in [6.45, 7) is 0. The summed E-state index contributed by atoms with van der Waals surface area (Å²) in [6.07, 6.45) is 0. The van der Waals surface area contributed by atoms with Gasteiger partial charge in [0, 0.05) is 182 Å². The second-order valence-electron chi connectivity index (χ2n) is 0. The first-order valence-corrected chi connectivity index (χ1v) is 0. The minimum absolute atomic E-state index is 0. The molecule has 0 atom stereocenters. The third-order valence-electron chi connectivity index (χ3n) is 0. The minimum atomic E-state index is 0. The van der Waals surface area contributed by atoms with E-state index in [1.165, 1.54) is 0 Å². The molecule has 1 radical (unpaired) electrons. The van der Waals surface area contributed by atoms with Crippen LogP contribution in [-0.4, -0.2) is 0 Å². The molecule has 0 aliphatic rings. The van der Waals surface area contributed by atoms with Crippen LogP contribution in [-0.2, 0) is 182 Å². The first-order chi connectivity index (χ1) is 0. The molecule has 0 rings (SSSR count). The Bertz CT molecular complexity index is 4.53. The van der Waals surface area contributed by atoms with Gasteiger partial charge in [0.1, 0.15) is 0 Å². The molecule has 9 heteroatoms. The fourth-order valence-electron chi connectivity index (χ4n) is 0. The third kappa shape index (κ3) is 56.6. The van der Waals surface area contributed by atoms with Crippen molar-refractivity contribution in [2.24, 2.45) is 0 Å². The first-order valence-electron chi connectivity index (χ1n) is 0. The SMILES string of the molecule is [Pd].[Pd].[Pd].[Pd].[Pd].[Pd].[Pd].[Pd].[V]. The smallest absolute Gasteiger partial charge is 0 e. The molecular weight excluding hydrogens is 902 g/mol. The second-order valence-corrected chi connectivity index (χ2v) is 0. The molecule has 0 aromatic rings. The van der Waals surface area contributed by atoms with E-state index in [2.05, 4.69) is 0 Å². The summed E-state index contributed by atoms with van der Waals surface area (Å²) in [7, 11) is 0. The van der Waals surface area contributed by atoms with Crippen LogP contribution in [0.4, 0.5) is 0 Å². The van der Waals surface area contributed by atoms with Gasteiger partial charge in [0.15, 0.2) is 0 Å². The maximum atomic E-state index is 0. The van der Waals surface area contributed by atoms with Crippen LogP contribution in [0.5, 0.6) is 0 Å².